The number of pyridine rings is 1. The zero-order chi connectivity index (χ0) is 18.9. The fraction of sp³-hybridized carbons (Fsp3) is 0.350. The highest BCUT2D eigenvalue weighted by molar-refractivity contribution is 5.98. The molecule has 0 saturated carbocycles. The second-order valence-electron chi connectivity index (χ2n) is 6.11. The molecule has 0 fully saturated rings. The standard InChI is InChI=1S/C20H24FN3O2/c1-3-4-13-24(2)20(26)16-10-11-22-18(14-16)19(25)23-12-9-15-7-5-6-8-17(15)21/h5-8,10-11,14H,3-4,9,12-13H2,1-2H3,(H,23,25). The van der Waals surface area contributed by atoms with Crippen LogP contribution < -0.4 is 5.32 Å². The van der Waals surface area contributed by atoms with E-state index in [1.807, 2.05) is 0 Å². The molecule has 0 aliphatic carbocycles. The summed E-state index contributed by atoms with van der Waals surface area (Å²) in [7, 11) is 1.74. The summed E-state index contributed by atoms with van der Waals surface area (Å²) in [4.78, 5) is 30.3. The molecule has 2 rings (SSSR count). The zero-order valence-corrected chi connectivity index (χ0v) is 15.2. The van der Waals surface area contributed by atoms with Gasteiger partial charge in [0.15, 0.2) is 0 Å². The van der Waals surface area contributed by atoms with Gasteiger partial charge in [0.05, 0.1) is 0 Å². The molecule has 0 atom stereocenters. The van der Waals surface area contributed by atoms with E-state index in [0.29, 0.717) is 24.1 Å². The first kappa shape index (κ1) is 19.6. The Morgan fingerprint density at radius 2 is 2.00 bits per heavy atom. The number of carbonyl (C=O) groups is 2. The van der Waals surface area contributed by atoms with Crippen molar-refractivity contribution in [3.05, 3.63) is 65.2 Å². The lowest BCUT2D eigenvalue weighted by molar-refractivity contribution is 0.0793. The molecule has 5 nitrogen and oxygen atoms in total. The number of halogens is 1. The number of benzene rings is 1. The van der Waals surface area contributed by atoms with E-state index in [1.54, 1.807) is 36.2 Å². The van der Waals surface area contributed by atoms with Crippen LogP contribution in [0.25, 0.3) is 0 Å². The van der Waals surface area contributed by atoms with Crippen molar-refractivity contribution in [1.82, 2.24) is 15.2 Å². The van der Waals surface area contributed by atoms with Gasteiger partial charge in [-0.05, 0) is 36.6 Å². The molecule has 0 radical (unpaired) electrons. The van der Waals surface area contributed by atoms with E-state index < -0.39 is 0 Å². The molecular formula is C20H24FN3O2. The maximum Gasteiger partial charge on any atom is 0.269 e. The van der Waals surface area contributed by atoms with Gasteiger partial charge in [0.25, 0.3) is 11.8 Å². The Bertz CT molecular complexity index is 764. The van der Waals surface area contributed by atoms with E-state index in [2.05, 4.69) is 17.2 Å². The van der Waals surface area contributed by atoms with Crippen LogP contribution >= 0.6 is 0 Å². The molecule has 6 heteroatoms. The molecule has 0 saturated heterocycles. The van der Waals surface area contributed by atoms with Crippen LogP contribution in [0.15, 0.2) is 42.6 Å². The normalized spacial score (nSPS) is 10.4. The van der Waals surface area contributed by atoms with Gasteiger partial charge in [0.2, 0.25) is 0 Å². The maximum absolute atomic E-state index is 13.6. The van der Waals surface area contributed by atoms with E-state index in [0.717, 1.165) is 12.8 Å². The van der Waals surface area contributed by atoms with Gasteiger partial charge in [-0.15, -0.1) is 0 Å². The molecule has 1 aromatic carbocycles. The van der Waals surface area contributed by atoms with Crippen molar-refractivity contribution in [3.8, 4) is 0 Å². The summed E-state index contributed by atoms with van der Waals surface area (Å²) in [6, 6.07) is 9.55. The number of unbranched alkanes of at least 4 members (excludes halogenated alkanes) is 1. The van der Waals surface area contributed by atoms with Gasteiger partial charge in [-0.3, -0.25) is 14.6 Å². The fourth-order valence-corrected chi connectivity index (χ4v) is 2.51. The maximum atomic E-state index is 13.6. The molecule has 1 N–H and O–H groups in total. The average Bonchev–Trinajstić information content (AvgIpc) is 2.67. The lowest BCUT2D eigenvalue weighted by atomic mass is 10.1. The van der Waals surface area contributed by atoms with E-state index in [4.69, 9.17) is 0 Å². The minimum atomic E-state index is -0.382. The highest BCUT2D eigenvalue weighted by atomic mass is 19.1. The third-order valence-electron chi connectivity index (χ3n) is 4.07. The minimum absolute atomic E-state index is 0.138. The summed E-state index contributed by atoms with van der Waals surface area (Å²) in [6.45, 7) is 3.02. The van der Waals surface area contributed by atoms with Crippen LogP contribution in [0.3, 0.4) is 0 Å². The number of hydrogen-bond donors (Lipinski definition) is 1. The summed E-state index contributed by atoms with van der Waals surface area (Å²) in [5, 5.41) is 2.71. The number of carbonyl (C=O) groups excluding carboxylic acids is 2. The van der Waals surface area contributed by atoms with Crippen LogP contribution in [0.1, 0.15) is 46.2 Å². The Hall–Kier alpha value is -2.76. The molecule has 0 aliphatic rings. The van der Waals surface area contributed by atoms with Gasteiger partial charge in [-0.1, -0.05) is 31.5 Å². The van der Waals surface area contributed by atoms with Crippen LogP contribution in [-0.2, 0) is 6.42 Å². The first-order chi connectivity index (χ1) is 12.5. The van der Waals surface area contributed by atoms with Crippen molar-refractivity contribution in [3.63, 3.8) is 0 Å². The van der Waals surface area contributed by atoms with Crippen LogP contribution in [0.2, 0.25) is 0 Å². The summed E-state index contributed by atoms with van der Waals surface area (Å²) in [5.74, 6) is -0.809. The van der Waals surface area contributed by atoms with Gasteiger partial charge < -0.3 is 10.2 Å². The highest BCUT2D eigenvalue weighted by Gasteiger charge is 2.14. The Kier molecular flexibility index (Phi) is 7.26. The molecular weight excluding hydrogens is 333 g/mol. The molecule has 0 unspecified atom stereocenters. The number of hydrogen-bond acceptors (Lipinski definition) is 3. The lowest BCUT2D eigenvalue weighted by Gasteiger charge is -2.16. The van der Waals surface area contributed by atoms with Gasteiger partial charge in [-0.25, -0.2) is 4.39 Å². The molecule has 1 aromatic heterocycles. The fourth-order valence-electron chi connectivity index (χ4n) is 2.51. The van der Waals surface area contributed by atoms with Crippen LogP contribution in [0, 0.1) is 5.82 Å². The van der Waals surface area contributed by atoms with Crippen molar-refractivity contribution in [1.29, 1.82) is 0 Å². The van der Waals surface area contributed by atoms with Crippen LogP contribution in [-0.4, -0.2) is 41.8 Å². The second kappa shape index (κ2) is 9.65. The third-order valence-corrected chi connectivity index (χ3v) is 4.07. The molecule has 1 heterocycles. The monoisotopic (exact) mass is 357 g/mol. The molecule has 138 valence electrons. The van der Waals surface area contributed by atoms with E-state index in [9.17, 15) is 14.0 Å². The van der Waals surface area contributed by atoms with Crippen LogP contribution in [0.4, 0.5) is 4.39 Å². The van der Waals surface area contributed by atoms with Crippen molar-refractivity contribution < 1.29 is 14.0 Å². The first-order valence-electron chi connectivity index (χ1n) is 8.76. The topological polar surface area (TPSA) is 62.3 Å². The van der Waals surface area contributed by atoms with Crippen molar-refractivity contribution in [2.75, 3.05) is 20.1 Å². The summed E-state index contributed by atoms with van der Waals surface area (Å²) in [6.07, 6.45) is 3.77. The van der Waals surface area contributed by atoms with E-state index in [1.165, 1.54) is 18.3 Å². The molecule has 26 heavy (non-hydrogen) atoms. The largest absolute Gasteiger partial charge is 0.350 e. The number of nitrogens with zero attached hydrogens (tertiary/aromatic N) is 2. The zero-order valence-electron chi connectivity index (χ0n) is 15.2. The van der Waals surface area contributed by atoms with Crippen LogP contribution in [0.5, 0.6) is 0 Å². The predicted molar refractivity (Wildman–Crippen MR) is 98.5 cm³/mol. The number of amides is 2. The number of aromatic nitrogens is 1. The average molecular weight is 357 g/mol. The van der Waals surface area contributed by atoms with E-state index in [-0.39, 0.29) is 29.9 Å². The van der Waals surface area contributed by atoms with Gasteiger partial charge >= 0.3 is 0 Å². The first-order valence-corrected chi connectivity index (χ1v) is 8.76. The number of rotatable bonds is 8. The van der Waals surface area contributed by atoms with Gasteiger partial charge in [0, 0.05) is 31.9 Å². The van der Waals surface area contributed by atoms with E-state index >= 15 is 0 Å². The second-order valence-corrected chi connectivity index (χ2v) is 6.11. The Morgan fingerprint density at radius 3 is 2.73 bits per heavy atom. The Morgan fingerprint density at radius 1 is 1.23 bits per heavy atom. The SMILES string of the molecule is CCCCN(C)C(=O)c1ccnc(C(=O)NCCc2ccccc2F)c1. The summed E-state index contributed by atoms with van der Waals surface area (Å²) < 4.78 is 13.6. The third kappa shape index (κ3) is 5.37. The Labute approximate surface area is 153 Å². The Balaban J connectivity index is 1.95. The lowest BCUT2D eigenvalue weighted by Crippen LogP contribution is -2.29. The molecule has 2 amide bonds. The summed E-state index contributed by atoms with van der Waals surface area (Å²) in [5.41, 5.74) is 1.15. The minimum Gasteiger partial charge on any atom is -0.350 e. The van der Waals surface area contributed by atoms with Crippen molar-refractivity contribution in [2.45, 2.75) is 26.2 Å². The molecule has 0 bridgehead atoms. The van der Waals surface area contributed by atoms with Crippen molar-refractivity contribution in [2.24, 2.45) is 0 Å². The van der Waals surface area contributed by atoms with Gasteiger partial charge in [-0.2, -0.15) is 0 Å². The molecule has 0 aliphatic heterocycles. The van der Waals surface area contributed by atoms with Crippen molar-refractivity contribution >= 4 is 11.8 Å². The number of nitrogens with one attached hydrogen (secondary N) is 1. The quantitative estimate of drug-likeness (QED) is 0.790. The smallest absolute Gasteiger partial charge is 0.269 e. The molecule has 2 aromatic rings. The predicted octanol–water partition coefficient (Wildman–Crippen LogP) is 3.07. The molecule has 0 spiro atoms. The highest BCUT2D eigenvalue weighted by Crippen LogP contribution is 2.08. The van der Waals surface area contributed by atoms with Gasteiger partial charge in [0.1, 0.15) is 11.5 Å². The summed E-state index contributed by atoms with van der Waals surface area (Å²) >= 11 is 0.